The van der Waals surface area contributed by atoms with Gasteiger partial charge in [0, 0.05) is 16.7 Å². The van der Waals surface area contributed by atoms with E-state index in [1.165, 1.54) is 19.3 Å². The Morgan fingerprint density at radius 1 is 1.06 bits per heavy atom. The van der Waals surface area contributed by atoms with E-state index >= 15 is 0 Å². The SMILES string of the molecule is COc1ccc(Cl)c(-c2nnc3c(C)nc4ccc(C(=O)NC56CC7CC(CC(C7)C5)C6)cc4n23)c1. The van der Waals surface area contributed by atoms with E-state index in [0.717, 1.165) is 53.7 Å². The lowest BCUT2D eigenvalue weighted by molar-refractivity contribution is -0.0167. The van der Waals surface area contributed by atoms with Crippen molar-refractivity contribution >= 4 is 34.2 Å². The molecule has 7 nitrogen and oxygen atoms in total. The van der Waals surface area contributed by atoms with Crippen molar-refractivity contribution in [2.24, 2.45) is 17.8 Å². The average molecular weight is 502 g/mol. The van der Waals surface area contributed by atoms with Gasteiger partial charge in [0.2, 0.25) is 0 Å². The largest absolute Gasteiger partial charge is 0.497 e. The van der Waals surface area contributed by atoms with Crippen LogP contribution in [-0.4, -0.2) is 38.1 Å². The Hall–Kier alpha value is -3.19. The summed E-state index contributed by atoms with van der Waals surface area (Å²) in [6.45, 7) is 1.91. The van der Waals surface area contributed by atoms with Gasteiger partial charge in [-0.2, -0.15) is 0 Å². The zero-order valence-electron chi connectivity index (χ0n) is 20.4. The highest BCUT2D eigenvalue weighted by atomic mass is 35.5. The van der Waals surface area contributed by atoms with E-state index in [9.17, 15) is 4.79 Å². The summed E-state index contributed by atoms with van der Waals surface area (Å²) in [6, 6.07) is 11.1. The Morgan fingerprint density at radius 2 is 1.78 bits per heavy atom. The van der Waals surface area contributed by atoms with Crippen LogP contribution >= 0.6 is 11.6 Å². The number of ether oxygens (including phenoxy) is 1. The van der Waals surface area contributed by atoms with Crippen molar-refractivity contribution in [3.8, 4) is 17.1 Å². The number of rotatable bonds is 4. The van der Waals surface area contributed by atoms with E-state index in [1.54, 1.807) is 13.2 Å². The first kappa shape index (κ1) is 22.0. The van der Waals surface area contributed by atoms with Crippen molar-refractivity contribution in [3.05, 3.63) is 52.7 Å². The van der Waals surface area contributed by atoms with E-state index in [-0.39, 0.29) is 11.4 Å². The molecule has 184 valence electrons. The van der Waals surface area contributed by atoms with Gasteiger partial charge in [0.25, 0.3) is 5.91 Å². The first-order chi connectivity index (χ1) is 17.4. The lowest BCUT2D eigenvalue weighted by Crippen LogP contribution is -2.59. The van der Waals surface area contributed by atoms with E-state index in [4.69, 9.17) is 21.3 Å². The fraction of sp³-hybridized carbons (Fsp3) is 0.429. The topological polar surface area (TPSA) is 81.4 Å². The molecule has 4 bridgehead atoms. The quantitative estimate of drug-likeness (QED) is 0.393. The summed E-state index contributed by atoms with van der Waals surface area (Å²) in [6.07, 6.45) is 7.39. The molecule has 8 rings (SSSR count). The van der Waals surface area contributed by atoms with Gasteiger partial charge in [-0.15, -0.1) is 10.2 Å². The van der Waals surface area contributed by atoms with Crippen molar-refractivity contribution < 1.29 is 9.53 Å². The minimum absolute atomic E-state index is 0.0124. The summed E-state index contributed by atoms with van der Waals surface area (Å²) in [4.78, 5) is 18.3. The highest BCUT2D eigenvalue weighted by Gasteiger charge is 2.51. The van der Waals surface area contributed by atoms with E-state index < -0.39 is 0 Å². The monoisotopic (exact) mass is 501 g/mol. The molecule has 4 fully saturated rings. The number of carbonyl (C=O) groups excluding carboxylic acids is 1. The third-order valence-corrected chi connectivity index (χ3v) is 8.91. The maximum Gasteiger partial charge on any atom is 0.251 e. The number of carbonyl (C=O) groups is 1. The highest BCUT2D eigenvalue weighted by Crippen LogP contribution is 2.55. The Labute approximate surface area is 214 Å². The molecule has 4 aliphatic rings. The zero-order valence-corrected chi connectivity index (χ0v) is 21.2. The molecule has 0 aliphatic heterocycles. The molecule has 0 spiro atoms. The molecule has 4 saturated carbocycles. The maximum absolute atomic E-state index is 13.6. The maximum atomic E-state index is 13.6. The number of fused-ring (bicyclic) bond motifs is 3. The Bertz CT molecular complexity index is 1510. The number of aryl methyl sites for hydroxylation is 1. The number of halogens is 1. The van der Waals surface area contributed by atoms with Gasteiger partial charge in [-0.05, 0) is 99.6 Å². The van der Waals surface area contributed by atoms with Crippen LogP contribution in [0.2, 0.25) is 5.02 Å². The van der Waals surface area contributed by atoms with Crippen LogP contribution in [-0.2, 0) is 0 Å². The van der Waals surface area contributed by atoms with E-state index in [1.807, 2.05) is 41.7 Å². The van der Waals surface area contributed by atoms with Crippen LogP contribution < -0.4 is 10.1 Å². The van der Waals surface area contributed by atoms with Gasteiger partial charge in [-0.25, -0.2) is 4.98 Å². The van der Waals surface area contributed by atoms with Crippen molar-refractivity contribution in [1.82, 2.24) is 24.9 Å². The van der Waals surface area contributed by atoms with Gasteiger partial charge >= 0.3 is 0 Å². The summed E-state index contributed by atoms with van der Waals surface area (Å²) in [5, 5.41) is 12.9. The second kappa shape index (κ2) is 7.90. The number of aromatic nitrogens is 4. The Morgan fingerprint density at radius 3 is 2.47 bits per heavy atom. The number of methoxy groups -OCH3 is 1. The lowest BCUT2D eigenvalue weighted by Gasteiger charge is -2.56. The summed E-state index contributed by atoms with van der Waals surface area (Å²) >= 11 is 6.57. The van der Waals surface area contributed by atoms with Gasteiger partial charge in [0.15, 0.2) is 11.5 Å². The molecule has 2 aromatic carbocycles. The van der Waals surface area contributed by atoms with E-state index in [0.29, 0.717) is 33.4 Å². The molecule has 0 saturated heterocycles. The third-order valence-electron chi connectivity index (χ3n) is 8.58. The normalized spacial score (nSPS) is 26.6. The summed E-state index contributed by atoms with van der Waals surface area (Å²) in [5.41, 5.74) is 4.22. The first-order valence-corrected chi connectivity index (χ1v) is 13.1. The van der Waals surface area contributed by atoms with Gasteiger partial charge in [0.1, 0.15) is 5.75 Å². The zero-order chi connectivity index (χ0) is 24.6. The minimum Gasteiger partial charge on any atom is -0.497 e. The average Bonchev–Trinajstić information content (AvgIpc) is 3.29. The lowest BCUT2D eigenvalue weighted by atomic mass is 9.53. The van der Waals surface area contributed by atoms with E-state index in [2.05, 4.69) is 15.5 Å². The predicted octanol–water partition coefficient (Wildman–Crippen LogP) is 5.61. The Kier molecular flexibility index (Phi) is 4.84. The van der Waals surface area contributed by atoms with Crippen molar-refractivity contribution in [2.45, 2.75) is 51.0 Å². The van der Waals surface area contributed by atoms with Gasteiger partial charge < -0.3 is 10.1 Å². The summed E-state index contributed by atoms with van der Waals surface area (Å²) in [7, 11) is 1.62. The second-order valence-corrected chi connectivity index (χ2v) is 11.5. The molecule has 4 aliphatic carbocycles. The third kappa shape index (κ3) is 3.39. The second-order valence-electron chi connectivity index (χ2n) is 11.1. The van der Waals surface area contributed by atoms with Gasteiger partial charge in [-0.3, -0.25) is 9.20 Å². The fourth-order valence-electron chi connectivity index (χ4n) is 7.47. The first-order valence-electron chi connectivity index (χ1n) is 12.7. The van der Waals surface area contributed by atoms with Crippen LogP contribution in [0.15, 0.2) is 36.4 Å². The molecule has 0 radical (unpaired) electrons. The molecule has 0 unspecified atom stereocenters. The van der Waals surface area contributed by atoms with Gasteiger partial charge in [0.05, 0.1) is 28.9 Å². The highest BCUT2D eigenvalue weighted by molar-refractivity contribution is 6.33. The molecule has 1 amide bonds. The smallest absolute Gasteiger partial charge is 0.251 e. The van der Waals surface area contributed by atoms with Crippen LogP contribution in [0.25, 0.3) is 28.1 Å². The predicted molar refractivity (Wildman–Crippen MR) is 138 cm³/mol. The van der Waals surface area contributed by atoms with Crippen molar-refractivity contribution in [1.29, 1.82) is 0 Å². The van der Waals surface area contributed by atoms with Crippen LogP contribution in [0.3, 0.4) is 0 Å². The standard InChI is InChI=1S/C28H28ClN5O2/c1-15-25-32-33-26(21-11-20(36-2)4-5-22(21)29)34(25)24-10-19(3-6-23(24)30-15)27(35)31-28-12-16-7-17(13-28)9-18(8-16)14-28/h3-6,10-11,16-18H,7-9,12-14H2,1-2H3,(H,31,35). The number of hydrogen-bond acceptors (Lipinski definition) is 5. The minimum atomic E-state index is -0.0442. The Balaban J connectivity index is 1.32. The molecule has 36 heavy (non-hydrogen) atoms. The summed E-state index contributed by atoms with van der Waals surface area (Å²) in [5.74, 6) is 3.56. The number of benzene rings is 2. The van der Waals surface area contributed by atoms with Crippen LogP contribution in [0.4, 0.5) is 0 Å². The fourth-order valence-corrected chi connectivity index (χ4v) is 7.67. The number of amides is 1. The number of hydrogen-bond donors (Lipinski definition) is 1. The number of nitrogens with zero attached hydrogens (tertiary/aromatic N) is 4. The molecular formula is C28H28ClN5O2. The van der Waals surface area contributed by atoms with Gasteiger partial charge in [-0.1, -0.05) is 11.6 Å². The van der Waals surface area contributed by atoms with Crippen LogP contribution in [0.1, 0.15) is 54.6 Å². The van der Waals surface area contributed by atoms with Crippen LogP contribution in [0.5, 0.6) is 5.75 Å². The number of nitrogens with one attached hydrogen (secondary N) is 1. The molecule has 4 aromatic rings. The summed E-state index contributed by atoms with van der Waals surface area (Å²) < 4.78 is 7.36. The van der Waals surface area contributed by atoms with Crippen LogP contribution in [0, 0.1) is 24.7 Å². The molecule has 2 heterocycles. The molecule has 0 atom stereocenters. The molecular weight excluding hydrogens is 474 g/mol. The molecule has 8 heteroatoms. The molecule has 2 aromatic heterocycles. The van der Waals surface area contributed by atoms with Crippen molar-refractivity contribution in [3.63, 3.8) is 0 Å². The van der Waals surface area contributed by atoms with Crippen molar-refractivity contribution in [2.75, 3.05) is 7.11 Å². The molecule has 1 N–H and O–H groups in total.